The maximum Gasteiger partial charge on any atom is 0.229 e. The van der Waals surface area contributed by atoms with E-state index < -0.39 is 0 Å². The molecule has 3 aromatic rings. The van der Waals surface area contributed by atoms with Gasteiger partial charge >= 0.3 is 0 Å². The Labute approximate surface area is 174 Å². The Balaban J connectivity index is 1.54. The Hall–Kier alpha value is -2.73. The number of rotatable bonds is 5. The number of aromatic nitrogens is 1. The van der Waals surface area contributed by atoms with Gasteiger partial charge in [-0.15, -0.1) is 11.3 Å². The van der Waals surface area contributed by atoms with E-state index in [4.69, 9.17) is 0 Å². The van der Waals surface area contributed by atoms with Crippen LogP contribution in [0, 0.1) is 12.8 Å². The van der Waals surface area contributed by atoms with Gasteiger partial charge < -0.3 is 10.2 Å². The summed E-state index contributed by atoms with van der Waals surface area (Å²) in [4.78, 5) is 31.9. The first kappa shape index (κ1) is 19.6. The summed E-state index contributed by atoms with van der Waals surface area (Å²) in [7, 11) is 0. The number of thiazole rings is 1. The molecule has 0 radical (unpaired) electrons. The van der Waals surface area contributed by atoms with Crippen LogP contribution in [0.4, 0.5) is 11.4 Å². The number of benzene rings is 2. The van der Waals surface area contributed by atoms with Gasteiger partial charge in [0.05, 0.1) is 21.1 Å². The van der Waals surface area contributed by atoms with E-state index in [1.54, 1.807) is 16.2 Å². The van der Waals surface area contributed by atoms with Crippen molar-refractivity contribution in [1.82, 2.24) is 4.98 Å². The van der Waals surface area contributed by atoms with Crippen LogP contribution in [0.15, 0.2) is 36.4 Å². The zero-order valence-corrected chi connectivity index (χ0v) is 17.8. The van der Waals surface area contributed by atoms with E-state index >= 15 is 0 Å². The van der Waals surface area contributed by atoms with E-state index in [0.717, 1.165) is 50.6 Å². The lowest BCUT2D eigenvalue weighted by Crippen LogP contribution is -2.28. The van der Waals surface area contributed by atoms with Gasteiger partial charge in [0.15, 0.2) is 0 Å². The summed E-state index contributed by atoms with van der Waals surface area (Å²) in [5, 5.41) is 4.12. The van der Waals surface area contributed by atoms with E-state index in [9.17, 15) is 9.59 Å². The molecule has 1 fully saturated rings. The van der Waals surface area contributed by atoms with Gasteiger partial charge in [0.25, 0.3) is 0 Å². The molecule has 2 heterocycles. The SMILES string of the molecule is CCc1cccc(CC)c1NC(=O)C1CC(=O)N(c2ccc3sc(C)nc3c2)C1. The second-order valence-corrected chi connectivity index (χ2v) is 8.67. The van der Waals surface area contributed by atoms with Crippen LogP contribution in [0.1, 0.15) is 36.4 Å². The fourth-order valence-corrected chi connectivity index (χ4v) is 4.77. The third-order valence-electron chi connectivity index (χ3n) is 5.53. The maximum atomic E-state index is 13.0. The average Bonchev–Trinajstić information content (AvgIpc) is 3.29. The smallest absolute Gasteiger partial charge is 0.229 e. The van der Waals surface area contributed by atoms with E-state index in [2.05, 4.69) is 24.1 Å². The molecule has 2 amide bonds. The van der Waals surface area contributed by atoms with Crippen molar-refractivity contribution < 1.29 is 9.59 Å². The maximum absolute atomic E-state index is 13.0. The molecule has 1 aromatic heterocycles. The summed E-state index contributed by atoms with van der Waals surface area (Å²) in [5.41, 5.74) is 4.88. The molecule has 1 atom stereocenters. The minimum Gasteiger partial charge on any atom is -0.325 e. The molecular formula is C23H25N3O2S. The monoisotopic (exact) mass is 407 g/mol. The number of para-hydroxylation sites is 1. The van der Waals surface area contributed by atoms with Crippen molar-refractivity contribution >= 4 is 44.7 Å². The van der Waals surface area contributed by atoms with Gasteiger partial charge in [-0.2, -0.15) is 0 Å². The average molecular weight is 408 g/mol. The van der Waals surface area contributed by atoms with Crippen molar-refractivity contribution in [2.75, 3.05) is 16.8 Å². The van der Waals surface area contributed by atoms with Crippen LogP contribution in [-0.2, 0) is 22.4 Å². The molecule has 1 unspecified atom stereocenters. The van der Waals surface area contributed by atoms with Crippen LogP contribution >= 0.6 is 11.3 Å². The molecule has 1 N–H and O–H groups in total. The van der Waals surface area contributed by atoms with Crippen molar-refractivity contribution in [3.63, 3.8) is 0 Å². The van der Waals surface area contributed by atoms with E-state index in [1.165, 1.54) is 0 Å². The second-order valence-electron chi connectivity index (χ2n) is 7.44. The summed E-state index contributed by atoms with van der Waals surface area (Å²) >= 11 is 1.64. The molecule has 1 saturated heterocycles. The fourth-order valence-electron chi connectivity index (χ4n) is 3.96. The molecule has 1 aliphatic heterocycles. The third-order valence-corrected chi connectivity index (χ3v) is 6.48. The number of aryl methyl sites for hydroxylation is 3. The van der Waals surface area contributed by atoms with Crippen molar-refractivity contribution in [2.45, 2.75) is 40.0 Å². The molecule has 1 aliphatic rings. The molecule has 150 valence electrons. The van der Waals surface area contributed by atoms with Crippen molar-refractivity contribution in [3.05, 3.63) is 52.5 Å². The predicted octanol–water partition coefficient (Wildman–Crippen LogP) is 4.72. The Morgan fingerprint density at radius 2 is 1.93 bits per heavy atom. The largest absolute Gasteiger partial charge is 0.325 e. The van der Waals surface area contributed by atoms with Gasteiger partial charge in [0.1, 0.15) is 0 Å². The number of amides is 2. The second kappa shape index (κ2) is 7.95. The summed E-state index contributed by atoms with van der Waals surface area (Å²) in [5.74, 6) is -0.456. The highest BCUT2D eigenvalue weighted by Gasteiger charge is 2.35. The van der Waals surface area contributed by atoms with E-state index in [1.807, 2.05) is 43.3 Å². The molecule has 0 saturated carbocycles. The van der Waals surface area contributed by atoms with Crippen LogP contribution in [0.25, 0.3) is 10.2 Å². The quantitative estimate of drug-likeness (QED) is 0.666. The Bertz CT molecular complexity index is 1070. The third kappa shape index (κ3) is 3.77. The fraction of sp³-hybridized carbons (Fsp3) is 0.348. The van der Waals surface area contributed by atoms with Gasteiger partial charge in [-0.3, -0.25) is 9.59 Å². The van der Waals surface area contributed by atoms with Gasteiger partial charge in [0, 0.05) is 24.3 Å². The zero-order valence-electron chi connectivity index (χ0n) is 17.0. The van der Waals surface area contributed by atoms with Crippen molar-refractivity contribution in [2.24, 2.45) is 5.92 Å². The highest BCUT2D eigenvalue weighted by atomic mass is 32.1. The van der Waals surface area contributed by atoms with E-state index in [-0.39, 0.29) is 24.2 Å². The summed E-state index contributed by atoms with van der Waals surface area (Å²) in [6.07, 6.45) is 1.94. The predicted molar refractivity (Wildman–Crippen MR) is 119 cm³/mol. The molecule has 0 bridgehead atoms. The summed E-state index contributed by atoms with van der Waals surface area (Å²) < 4.78 is 1.11. The molecule has 2 aromatic carbocycles. The Kier molecular flexibility index (Phi) is 5.37. The lowest BCUT2D eigenvalue weighted by Gasteiger charge is -2.18. The molecule has 0 aliphatic carbocycles. The van der Waals surface area contributed by atoms with Crippen LogP contribution in [0.2, 0.25) is 0 Å². The number of nitrogens with one attached hydrogen (secondary N) is 1. The number of hydrogen-bond donors (Lipinski definition) is 1. The highest BCUT2D eigenvalue weighted by molar-refractivity contribution is 7.18. The number of carbonyl (C=O) groups excluding carboxylic acids is 2. The molecular weight excluding hydrogens is 382 g/mol. The van der Waals surface area contributed by atoms with Gasteiger partial charge in [-0.25, -0.2) is 4.98 Å². The highest BCUT2D eigenvalue weighted by Crippen LogP contribution is 2.31. The van der Waals surface area contributed by atoms with Crippen LogP contribution in [0.5, 0.6) is 0 Å². The van der Waals surface area contributed by atoms with Gasteiger partial charge in [-0.05, 0) is 49.1 Å². The van der Waals surface area contributed by atoms with Crippen molar-refractivity contribution in [3.8, 4) is 0 Å². The van der Waals surface area contributed by atoms with Crippen molar-refractivity contribution in [1.29, 1.82) is 0 Å². The first-order chi connectivity index (χ1) is 14.0. The van der Waals surface area contributed by atoms with E-state index in [0.29, 0.717) is 6.54 Å². The summed E-state index contributed by atoms with van der Waals surface area (Å²) in [6, 6.07) is 12.0. The van der Waals surface area contributed by atoms with Gasteiger partial charge in [0.2, 0.25) is 11.8 Å². The lowest BCUT2D eigenvalue weighted by molar-refractivity contribution is -0.122. The van der Waals surface area contributed by atoms with Crippen LogP contribution in [0.3, 0.4) is 0 Å². The standard InChI is InChI=1S/C23H25N3O2S/c1-4-15-7-6-8-16(5-2)22(15)25-23(28)17-11-21(27)26(13-17)18-9-10-20-19(12-18)24-14(3)29-20/h6-10,12,17H,4-5,11,13H2,1-3H3,(H,25,28). The minimum atomic E-state index is -0.356. The minimum absolute atomic E-state index is 0.0176. The number of carbonyl (C=O) groups is 2. The molecule has 0 spiro atoms. The number of fused-ring (bicyclic) bond motifs is 1. The first-order valence-corrected chi connectivity index (χ1v) is 10.9. The zero-order chi connectivity index (χ0) is 20.5. The number of hydrogen-bond acceptors (Lipinski definition) is 4. The molecule has 29 heavy (non-hydrogen) atoms. The lowest BCUT2D eigenvalue weighted by atomic mass is 10.0. The molecule has 4 rings (SSSR count). The molecule has 6 heteroatoms. The Morgan fingerprint density at radius 1 is 1.21 bits per heavy atom. The first-order valence-electron chi connectivity index (χ1n) is 10.1. The summed E-state index contributed by atoms with van der Waals surface area (Å²) in [6.45, 7) is 6.54. The Morgan fingerprint density at radius 3 is 2.62 bits per heavy atom. The number of anilines is 2. The topological polar surface area (TPSA) is 62.3 Å². The van der Waals surface area contributed by atoms with Gasteiger partial charge in [-0.1, -0.05) is 32.0 Å². The number of nitrogens with zero attached hydrogens (tertiary/aromatic N) is 2. The molecule has 5 nitrogen and oxygen atoms in total. The van der Waals surface area contributed by atoms with Crippen LogP contribution in [-0.4, -0.2) is 23.3 Å². The van der Waals surface area contributed by atoms with Crippen LogP contribution < -0.4 is 10.2 Å². The normalized spacial score (nSPS) is 16.6.